The number of likely N-dealkylation sites (tertiary alicyclic amines) is 1. The Bertz CT molecular complexity index is 912. The molecule has 0 N–H and O–H groups in total. The molecule has 2 atom stereocenters. The molecule has 0 spiro atoms. The molecule has 2 aromatic carbocycles. The topological polar surface area (TPSA) is 74.3 Å². The van der Waals surface area contributed by atoms with Crippen LogP contribution in [0.1, 0.15) is 21.5 Å². The van der Waals surface area contributed by atoms with Gasteiger partial charge in [-0.25, -0.2) is 4.79 Å². The van der Waals surface area contributed by atoms with Crippen LogP contribution >= 0.6 is 0 Å². The van der Waals surface area contributed by atoms with Crippen LogP contribution < -0.4 is 4.74 Å². The molecule has 0 aliphatic carbocycles. The van der Waals surface area contributed by atoms with Gasteiger partial charge in [0.1, 0.15) is 24.1 Å². The van der Waals surface area contributed by atoms with Crippen molar-refractivity contribution in [2.24, 2.45) is 0 Å². The molecule has 0 saturated carbocycles. The number of rotatable bonds is 5. The number of ether oxygens (including phenoxy) is 4. The highest BCUT2D eigenvalue weighted by atomic mass is 16.6. The highest BCUT2D eigenvalue weighted by Crippen LogP contribution is 2.23. The molecule has 4 rings (SSSR count). The predicted molar refractivity (Wildman–Crippen MR) is 113 cm³/mol. The standard InChI is InChI=1S/C24H27NO6/c1-16-5-3-4-6-18(16)11-23(26)25-12-21-22(13-25)30-15-20(14-29-21)31-19-9-7-17(8-10-19)24(27)28-2/h3-10,20-22H,11-15H2,1-2H3/t21-,22-/m0/s1. The van der Waals surface area contributed by atoms with Gasteiger partial charge in [-0.15, -0.1) is 0 Å². The molecule has 0 unspecified atom stereocenters. The lowest BCUT2D eigenvalue weighted by Gasteiger charge is -2.20. The maximum atomic E-state index is 12.8. The van der Waals surface area contributed by atoms with Crippen LogP contribution in [0.5, 0.6) is 5.75 Å². The quantitative estimate of drug-likeness (QED) is 0.685. The molecule has 2 saturated heterocycles. The molecule has 7 nitrogen and oxygen atoms in total. The molecular formula is C24H27NO6. The predicted octanol–water partition coefficient (Wildman–Crippen LogP) is 2.40. The van der Waals surface area contributed by atoms with Crippen LogP contribution in [0.25, 0.3) is 0 Å². The molecule has 2 aliphatic heterocycles. The first-order valence-corrected chi connectivity index (χ1v) is 10.4. The van der Waals surface area contributed by atoms with Gasteiger partial charge in [-0.1, -0.05) is 24.3 Å². The Morgan fingerprint density at radius 2 is 1.65 bits per heavy atom. The lowest BCUT2D eigenvalue weighted by molar-refractivity contribution is -0.130. The summed E-state index contributed by atoms with van der Waals surface area (Å²) in [6.45, 7) is 3.82. The van der Waals surface area contributed by atoms with E-state index >= 15 is 0 Å². The van der Waals surface area contributed by atoms with E-state index in [0.29, 0.717) is 44.0 Å². The van der Waals surface area contributed by atoms with Crippen LogP contribution in [0.3, 0.4) is 0 Å². The second-order valence-electron chi connectivity index (χ2n) is 7.90. The van der Waals surface area contributed by atoms with Gasteiger partial charge in [0.15, 0.2) is 0 Å². The Balaban J connectivity index is 1.29. The van der Waals surface area contributed by atoms with E-state index in [1.807, 2.05) is 36.1 Å². The van der Waals surface area contributed by atoms with Gasteiger partial charge in [-0.2, -0.15) is 0 Å². The lowest BCUT2D eigenvalue weighted by Crippen LogP contribution is -2.33. The van der Waals surface area contributed by atoms with E-state index in [2.05, 4.69) is 0 Å². The first-order chi connectivity index (χ1) is 15.0. The Labute approximate surface area is 181 Å². The van der Waals surface area contributed by atoms with Gasteiger partial charge in [0.2, 0.25) is 5.91 Å². The number of amides is 1. The Hall–Kier alpha value is -2.90. The number of methoxy groups -OCH3 is 1. The molecule has 164 valence electrons. The highest BCUT2D eigenvalue weighted by molar-refractivity contribution is 5.89. The zero-order valence-corrected chi connectivity index (χ0v) is 17.8. The minimum Gasteiger partial charge on any atom is -0.486 e. The summed E-state index contributed by atoms with van der Waals surface area (Å²) in [4.78, 5) is 26.1. The van der Waals surface area contributed by atoms with Crippen molar-refractivity contribution in [2.75, 3.05) is 33.4 Å². The van der Waals surface area contributed by atoms with Crippen molar-refractivity contribution in [3.05, 3.63) is 65.2 Å². The molecule has 2 aromatic rings. The minimum atomic E-state index is -0.387. The summed E-state index contributed by atoms with van der Waals surface area (Å²) in [5.41, 5.74) is 2.64. The zero-order valence-electron chi connectivity index (χ0n) is 17.8. The molecule has 2 aliphatic rings. The van der Waals surface area contributed by atoms with Crippen molar-refractivity contribution >= 4 is 11.9 Å². The van der Waals surface area contributed by atoms with Gasteiger partial charge >= 0.3 is 5.97 Å². The monoisotopic (exact) mass is 425 g/mol. The number of carbonyl (C=O) groups excluding carboxylic acids is 2. The van der Waals surface area contributed by atoms with Gasteiger partial charge in [0.25, 0.3) is 0 Å². The number of aryl methyl sites for hydroxylation is 1. The number of benzene rings is 2. The Morgan fingerprint density at radius 3 is 2.26 bits per heavy atom. The SMILES string of the molecule is COC(=O)c1ccc(OC2CO[C@H]3CN(C(=O)Cc4ccccc4C)C[C@@H]3OC2)cc1. The van der Waals surface area contributed by atoms with E-state index in [1.54, 1.807) is 24.3 Å². The first kappa shape index (κ1) is 21.3. The van der Waals surface area contributed by atoms with E-state index < -0.39 is 0 Å². The molecule has 0 aromatic heterocycles. The first-order valence-electron chi connectivity index (χ1n) is 10.4. The zero-order chi connectivity index (χ0) is 21.8. The number of hydrogen-bond acceptors (Lipinski definition) is 6. The molecule has 2 heterocycles. The molecule has 1 amide bonds. The number of fused-ring (bicyclic) bond motifs is 1. The van der Waals surface area contributed by atoms with Gasteiger partial charge < -0.3 is 23.8 Å². The maximum Gasteiger partial charge on any atom is 0.337 e. The van der Waals surface area contributed by atoms with Crippen molar-refractivity contribution in [1.82, 2.24) is 4.90 Å². The van der Waals surface area contributed by atoms with Gasteiger partial charge in [-0.3, -0.25) is 4.79 Å². The third kappa shape index (κ3) is 5.06. The van der Waals surface area contributed by atoms with Crippen LogP contribution in [0.4, 0.5) is 0 Å². The second-order valence-corrected chi connectivity index (χ2v) is 7.90. The Morgan fingerprint density at radius 1 is 1.00 bits per heavy atom. The van der Waals surface area contributed by atoms with Crippen LogP contribution in [0.15, 0.2) is 48.5 Å². The van der Waals surface area contributed by atoms with Crippen LogP contribution in [-0.4, -0.2) is 68.5 Å². The second kappa shape index (κ2) is 9.49. The largest absolute Gasteiger partial charge is 0.486 e. The van der Waals surface area contributed by atoms with Crippen molar-refractivity contribution in [2.45, 2.75) is 31.7 Å². The number of hydrogen-bond donors (Lipinski definition) is 0. The number of carbonyl (C=O) groups is 2. The van der Waals surface area contributed by atoms with E-state index in [4.69, 9.17) is 18.9 Å². The van der Waals surface area contributed by atoms with Crippen molar-refractivity contribution in [3.63, 3.8) is 0 Å². The van der Waals surface area contributed by atoms with Crippen molar-refractivity contribution in [1.29, 1.82) is 0 Å². The molecule has 7 heteroatoms. The minimum absolute atomic E-state index is 0.0908. The summed E-state index contributed by atoms with van der Waals surface area (Å²) in [5, 5.41) is 0. The highest BCUT2D eigenvalue weighted by Gasteiger charge is 2.39. The van der Waals surface area contributed by atoms with Crippen LogP contribution in [0, 0.1) is 6.92 Å². The fraction of sp³-hybridized carbons (Fsp3) is 0.417. The normalized spacial score (nSPS) is 21.3. The summed E-state index contributed by atoms with van der Waals surface area (Å²) in [6.07, 6.45) is -0.183. The van der Waals surface area contributed by atoms with Crippen LogP contribution in [0.2, 0.25) is 0 Å². The lowest BCUT2D eigenvalue weighted by atomic mass is 10.1. The summed E-state index contributed by atoms with van der Waals surface area (Å²) in [6, 6.07) is 14.7. The van der Waals surface area contributed by atoms with E-state index in [0.717, 1.165) is 11.1 Å². The average molecular weight is 425 g/mol. The molecule has 0 bridgehead atoms. The third-order valence-corrected chi connectivity index (χ3v) is 5.74. The van der Waals surface area contributed by atoms with E-state index in [9.17, 15) is 9.59 Å². The third-order valence-electron chi connectivity index (χ3n) is 5.74. The molecule has 2 fully saturated rings. The number of esters is 1. The van der Waals surface area contributed by atoms with Gasteiger partial charge in [-0.05, 0) is 42.3 Å². The Kier molecular flexibility index (Phi) is 6.53. The van der Waals surface area contributed by atoms with Gasteiger partial charge in [0, 0.05) is 13.1 Å². The maximum absolute atomic E-state index is 12.8. The fourth-order valence-corrected chi connectivity index (χ4v) is 3.91. The molecular weight excluding hydrogens is 398 g/mol. The summed E-state index contributed by atoms with van der Waals surface area (Å²) in [7, 11) is 1.35. The summed E-state index contributed by atoms with van der Waals surface area (Å²) >= 11 is 0. The number of nitrogens with zero attached hydrogens (tertiary/aromatic N) is 1. The average Bonchev–Trinajstić information content (AvgIpc) is 3.11. The van der Waals surface area contributed by atoms with E-state index in [-0.39, 0.29) is 30.2 Å². The molecule has 0 radical (unpaired) electrons. The van der Waals surface area contributed by atoms with Gasteiger partial charge in [0.05, 0.1) is 32.3 Å². The smallest absolute Gasteiger partial charge is 0.337 e. The fourth-order valence-electron chi connectivity index (χ4n) is 3.91. The molecule has 31 heavy (non-hydrogen) atoms. The summed E-state index contributed by atoms with van der Waals surface area (Å²) in [5.74, 6) is 0.335. The summed E-state index contributed by atoms with van der Waals surface area (Å²) < 4.78 is 22.7. The van der Waals surface area contributed by atoms with Crippen molar-refractivity contribution < 1.29 is 28.5 Å². The van der Waals surface area contributed by atoms with Crippen molar-refractivity contribution in [3.8, 4) is 5.75 Å². The van der Waals surface area contributed by atoms with E-state index in [1.165, 1.54) is 7.11 Å². The van der Waals surface area contributed by atoms with Crippen LogP contribution in [-0.2, 0) is 25.4 Å².